The number of benzene rings is 3. The number of nitro benzene ring substituents is 1. The molecule has 0 saturated heterocycles. The summed E-state index contributed by atoms with van der Waals surface area (Å²) in [7, 11) is 0. The van der Waals surface area contributed by atoms with E-state index in [1.807, 2.05) is 0 Å². The molecule has 0 bridgehead atoms. The van der Waals surface area contributed by atoms with Crippen LogP contribution in [0, 0.1) is 10.1 Å². The van der Waals surface area contributed by atoms with Crippen molar-refractivity contribution in [2.45, 2.75) is 0 Å². The summed E-state index contributed by atoms with van der Waals surface area (Å²) in [4.78, 5) is 62.3. The number of carbonyl (C=O) groups is 4. The van der Waals surface area contributed by atoms with Crippen LogP contribution in [-0.2, 0) is 0 Å². The van der Waals surface area contributed by atoms with Gasteiger partial charge in [0.25, 0.3) is 23.4 Å². The number of hydrogen-bond donors (Lipinski definition) is 0. The van der Waals surface area contributed by atoms with Gasteiger partial charge in [0.15, 0.2) is 5.78 Å². The third-order valence-electron chi connectivity index (χ3n) is 4.96. The van der Waals surface area contributed by atoms with Gasteiger partial charge in [-0.1, -0.05) is 42.5 Å². The number of hydrogen-bond acceptors (Lipinski definition) is 6. The Morgan fingerprint density at radius 3 is 1.84 bits per heavy atom. The zero-order valence-corrected chi connectivity index (χ0v) is 16.5. The monoisotopic (exact) mass is 429 g/mol. The average molecular weight is 429 g/mol. The van der Waals surface area contributed by atoms with E-state index in [0.717, 1.165) is 17.1 Å². The van der Waals surface area contributed by atoms with Gasteiger partial charge >= 0.3 is 0 Å². The van der Waals surface area contributed by atoms with E-state index in [4.69, 9.17) is 0 Å². The number of amides is 3. The Morgan fingerprint density at radius 2 is 1.31 bits per heavy atom. The molecule has 3 aromatic rings. The second kappa shape index (κ2) is 8.23. The minimum Gasteiger partial charge on any atom is -0.292 e. The number of non-ortho nitro benzene ring substituents is 1. The van der Waals surface area contributed by atoms with E-state index in [9.17, 15) is 29.3 Å². The number of imide groups is 1. The molecule has 0 atom stereocenters. The summed E-state index contributed by atoms with van der Waals surface area (Å²) in [6, 6.07) is 18.9. The molecule has 3 aromatic carbocycles. The lowest BCUT2D eigenvalue weighted by atomic mass is 10.1. The summed E-state index contributed by atoms with van der Waals surface area (Å²) in [5.74, 6) is -2.78. The van der Waals surface area contributed by atoms with Crippen LogP contribution in [0.5, 0.6) is 0 Å². The molecule has 158 valence electrons. The van der Waals surface area contributed by atoms with Crippen LogP contribution in [0.15, 0.2) is 78.9 Å². The number of Topliss-reactive ketones (excluding diaryl/α,β-unsaturated/α-hetero) is 1. The van der Waals surface area contributed by atoms with E-state index < -0.39 is 35.0 Å². The Kier molecular flexibility index (Phi) is 5.30. The maximum absolute atomic E-state index is 13.3. The van der Waals surface area contributed by atoms with Gasteiger partial charge in [0, 0.05) is 23.3 Å². The normalized spacial score (nSPS) is 12.4. The second-order valence-corrected chi connectivity index (χ2v) is 6.92. The molecule has 0 spiro atoms. The molecule has 0 aliphatic carbocycles. The molecule has 9 heteroatoms. The maximum atomic E-state index is 13.3. The minimum atomic E-state index is -0.821. The maximum Gasteiger partial charge on any atom is 0.280 e. The number of rotatable bonds is 6. The van der Waals surface area contributed by atoms with E-state index in [2.05, 4.69) is 0 Å². The summed E-state index contributed by atoms with van der Waals surface area (Å²) < 4.78 is 0. The lowest BCUT2D eigenvalue weighted by Crippen LogP contribution is -2.51. The van der Waals surface area contributed by atoms with Crippen LogP contribution in [0.1, 0.15) is 41.4 Å². The van der Waals surface area contributed by atoms with E-state index in [1.54, 1.807) is 42.5 Å². The van der Waals surface area contributed by atoms with Gasteiger partial charge in [0.1, 0.15) is 6.54 Å². The topological polar surface area (TPSA) is 118 Å². The van der Waals surface area contributed by atoms with Crippen LogP contribution in [0.25, 0.3) is 0 Å². The van der Waals surface area contributed by atoms with Crippen molar-refractivity contribution in [1.29, 1.82) is 0 Å². The summed E-state index contributed by atoms with van der Waals surface area (Å²) in [6.45, 7) is -0.578. The number of nitro groups is 1. The number of carbonyl (C=O) groups excluding carboxylic acids is 4. The summed E-state index contributed by atoms with van der Waals surface area (Å²) in [5, 5.41) is 12.3. The molecule has 4 rings (SSSR count). The fourth-order valence-electron chi connectivity index (χ4n) is 3.36. The number of ketones is 1. The molecular weight excluding hydrogens is 414 g/mol. The number of nitrogens with zero attached hydrogens (tertiary/aromatic N) is 3. The molecule has 0 fully saturated rings. The predicted molar refractivity (Wildman–Crippen MR) is 112 cm³/mol. The average Bonchev–Trinajstić information content (AvgIpc) is 3.07. The van der Waals surface area contributed by atoms with Crippen molar-refractivity contribution in [3.63, 3.8) is 0 Å². The van der Waals surface area contributed by atoms with Gasteiger partial charge in [-0.3, -0.25) is 29.3 Å². The van der Waals surface area contributed by atoms with Crippen molar-refractivity contribution in [2.75, 3.05) is 6.54 Å². The van der Waals surface area contributed by atoms with Crippen molar-refractivity contribution in [1.82, 2.24) is 10.0 Å². The lowest BCUT2D eigenvalue weighted by molar-refractivity contribution is -0.384. The molecule has 0 radical (unpaired) electrons. The second-order valence-electron chi connectivity index (χ2n) is 6.92. The highest BCUT2D eigenvalue weighted by molar-refractivity contribution is 6.22. The van der Waals surface area contributed by atoms with Gasteiger partial charge in [-0.15, -0.1) is 0 Å². The van der Waals surface area contributed by atoms with Crippen LogP contribution < -0.4 is 0 Å². The van der Waals surface area contributed by atoms with Crippen LogP contribution in [0.3, 0.4) is 0 Å². The highest BCUT2D eigenvalue weighted by Crippen LogP contribution is 2.26. The van der Waals surface area contributed by atoms with Crippen molar-refractivity contribution in [2.24, 2.45) is 0 Å². The van der Waals surface area contributed by atoms with Gasteiger partial charge in [-0.25, -0.2) is 5.01 Å². The lowest BCUT2D eigenvalue weighted by Gasteiger charge is -2.29. The van der Waals surface area contributed by atoms with Crippen molar-refractivity contribution < 1.29 is 24.1 Å². The smallest absolute Gasteiger partial charge is 0.280 e. The first-order valence-corrected chi connectivity index (χ1v) is 9.51. The van der Waals surface area contributed by atoms with E-state index in [1.165, 1.54) is 24.3 Å². The fraction of sp³-hybridized carbons (Fsp3) is 0.0435. The predicted octanol–water partition coefficient (Wildman–Crippen LogP) is 3.13. The van der Waals surface area contributed by atoms with Crippen LogP contribution >= 0.6 is 0 Å². The van der Waals surface area contributed by atoms with Gasteiger partial charge in [0.2, 0.25) is 0 Å². The molecule has 0 N–H and O–H groups in total. The largest absolute Gasteiger partial charge is 0.292 e. The Morgan fingerprint density at radius 1 is 0.781 bits per heavy atom. The Labute approximate surface area is 181 Å². The quantitative estimate of drug-likeness (QED) is 0.257. The molecule has 32 heavy (non-hydrogen) atoms. The van der Waals surface area contributed by atoms with Crippen molar-refractivity contribution in [3.8, 4) is 0 Å². The van der Waals surface area contributed by atoms with Crippen LogP contribution in [0.2, 0.25) is 0 Å². The van der Waals surface area contributed by atoms with E-state index >= 15 is 0 Å². The third-order valence-corrected chi connectivity index (χ3v) is 4.96. The first-order chi connectivity index (χ1) is 15.4. The molecule has 1 heterocycles. The molecule has 9 nitrogen and oxygen atoms in total. The standard InChI is InChI=1S/C23H15N3O6/c27-20(15-6-2-1-3-7-15)14-24(21(28)16-10-12-17(13-11-16)26(31)32)25-22(29)18-8-4-5-9-19(18)23(25)30/h1-13H,14H2. The summed E-state index contributed by atoms with van der Waals surface area (Å²) in [5.41, 5.74) is 0.283. The van der Waals surface area contributed by atoms with Gasteiger partial charge in [0.05, 0.1) is 16.1 Å². The van der Waals surface area contributed by atoms with Gasteiger partial charge < -0.3 is 0 Å². The number of hydrazine groups is 1. The molecule has 0 unspecified atom stereocenters. The Hall–Kier alpha value is -4.66. The molecule has 1 aliphatic heterocycles. The highest BCUT2D eigenvalue weighted by atomic mass is 16.6. The van der Waals surface area contributed by atoms with Crippen molar-refractivity contribution >= 4 is 29.2 Å². The minimum absolute atomic E-state index is 0.0204. The third kappa shape index (κ3) is 3.63. The highest BCUT2D eigenvalue weighted by Gasteiger charge is 2.42. The first kappa shape index (κ1) is 20.6. The zero-order chi connectivity index (χ0) is 22.8. The molecule has 0 aromatic heterocycles. The SMILES string of the molecule is O=C(CN(C(=O)c1ccc([N+](=O)[O-])cc1)N1C(=O)c2ccccc2C1=O)c1ccccc1. The number of fused-ring (bicyclic) bond motifs is 1. The molecule has 0 saturated carbocycles. The van der Waals surface area contributed by atoms with Gasteiger partial charge in [-0.05, 0) is 24.3 Å². The Balaban J connectivity index is 1.72. The molecular formula is C23H15N3O6. The fourth-order valence-corrected chi connectivity index (χ4v) is 3.36. The molecule has 1 aliphatic rings. The van der Waals surface area contributed by atoms with Crippen LogP contribution in [-0.4, -0.2) is 45.0 Å². The van der Waals surface area contributed by atoms with Crippen LogP contribution in [0.4, 0.5) is 5.69 Å². The van der Waals surface area contributed by atoms with E-state index in [-0.39, 0.29) is 22.4 Å². The van der Waals surface area contributed by atoms with E-state index in [0.29, 0.717) is 10.6 Å². The Bertz CT molecular complexity index is 1220. The molecule has 3 amide bonds. The van der Waals surface area contributed by atoms with Gasteiger partial charge in [-0.2, -0.15) is 5.01 Å². The summed E-state index contributed by atoms with van der Waals surface area (Å²) in [6.07, 6.45) is 0. The zero-order valence-electron chi connectivity index (χ0n) is 16.5. The summed E-state index contributed by atoms with van der Waals surface area (Å²) >= 11 is 0. The first-order valence-electron chi connectivity index (χ1n) is 9.51. The van der Waals surface area contributed by atoms with Crippen molar-refractivity contribution in [3.05, 3.63) is 111 Å².